The molecule has 0 radical (unpaired) electrons. The lowest BCUT2D eigenvalue weighted by Crippen LogP contribution is -2.55. The van der Waals surface area contributed by atoms with Crippen LogP contribution in [0, 0.1) is 0 Å². The summed E-state index contributed by atoms with van der Waals surface area (Å²) in [6, 6.07) is 9.20. The molecule has 0 amide bonds. The number of benzene rings is 1. The van der Waals surface area contributed by atoms with Crippen LogP contribution in [0.2, 0.25) is 0 Å². The van der Waals surface area contributed by atoms with Gasteiger partial charge in [-0.3, -0.25) is 4.98 Å². The van der Waals surface area contributed by atoms with Crippen LogP contribution in [-0.4, -0.2) is 51.6 Å². The fourth-order valence-corrected chi connectivity index (χ4v) is 4.50. The summed E-state index contributed by atoms with van der Waals surface area (Å²) in [7, 11) is 1.88. The third-order valence-corrected chi connectivity index (χ3v) is 6.09. The second-order valence-corrected chi connectivity index (χ2v) is 7.77. The van der Waals surface area contributed by atoms with E-state index in [0.29, 0.717) is 23.1 Å². The molecule has 7 heteroatoms. The Bertz CT molecular complexity index is 1010. The first-order chi connectivity index (χ1) is 13.6. The molecule has 2 saturated heterocycles. The molecule has 5 rings (SSSR count). The molecule has 144 valence electrons. The second kappa shape index (κ2) is 6.67. The highest BCUT2D eigenvalue weighted by atomic mass is 19.1. The molecular formula is C21H22FN5O. The molecule has 0 aliphatic carbocycles. The monoisotopic (exact) mass is 379 g/mol. The van der Waals surface area contributed by atoms with Gasteiger partial charge >= 0.3 is 0 Å². The van der Waals surface area contributed by atoms with Crippen molar-refractivity contribution in [2.24, 2.45) is 0 Å². The summed E-state index contributed by atoms with van der Waals surface area (Å²) in [6.07, 6.45) is 5.24. The molecule has 2 aliphatic heterocycles. The van der Waals surface area contributed by atoms with Crippen molar-refractivity contribution in [2.45, 2.75) is 43.6 Å². The number of nitrogens with one attached hydrogen (secondary N) is 1. The number of aromatic hydroxyl groups is 1. The number of phenolic OH excluding ortho intramolecular Hbond substituents is 1. The molecule has 2 N–H and O–H groups in total. The van der Waals surface area contributed by atoms with Gasteiger partial charge in [0.2, 0.25) is 0 Å². The Morgan fingerprint density at radius 3 is 2.86 bits per heavy atom. The Kier molecular flexibility index (Phi) is 4.12. The first-order valence-electron chi connectivity index (χ1n) is 9.64. The zero-order chi connectivity index (χ0) is 19.3. The quantitative estimate of drug-likeness (QED) is 0.729. The lowest BCUT2D eigenvalue weighted by atomic mass is 9.96. The Hall–Kier alpha value is -2.80. The second-order valence-electron chi connectivity index (χ2n) is 7.77. The van der Waals surface area contributed by atoms with E-state index in [0.717, 1.165) is 30.0 Å². The van der Waals surface area contributed by atoms with E-state index >= 15 is 0 Å². The maximum absolute atomic E-state index is 14.8. The van der Waals surface area contributed by atoms with Gasteiger partial charge in [0.15, 0.2) is 5.82 Å². The summed E-state index contributed by atoms with van der Waals surface area (Å²) in [5, 5.41) is 24.2. The van der Waals surface area contributed by atoms with Gasteiger partial charge in [-0.15, -0.1) is 10.2 Å². The molecule has 0 unspecified atom stereocenters. The number of hydrogen-bond donors (Lipinski definition) is 2. The van der Waals surface area contributed by atoms with Gasteiger partial charge < -0.3 is 15.3 Å². The number of pyridine rings is 1. The van der Waals surface area contributed by atoms with Gasteiger partial charge in [0.05, 0.1) is 11.7 Å². The molecule has 6 nitrogen and oxygen atoms in total. The summed E-state index contributed by atoms with van der Waals surface area (Å²) >= 11 is 0. The molecule has 0 saturated carbocycles. The number of fused-ring (bicyclic) bond motifs is 3. The van der Waals surface area contributed by atoms with Crippen LogP contribution in [0.15, 0.2) is 42.7 Å². The number of alkyl halides is 1. The van der Waals surface area contributed by atoms with Crippen molar-refractivity contribution in [1.82, 2.24) is 20.5 Å². The number of halogens is 1. The molecule has 1 aromatic carbocycles. The molecular weight excluding hydrogens is 357 g/mol. The van der Waals surface area contributed by atoms with E-state index in [9.17, 15) is 9.50 Å². The summed E-state index contributed by atoms with van der Waals surface area (Å²) in [6.45, 7) is 0. The van der Waals surface area contributed by atoms with E-state index in [1.54, 1.807) is 18.5 Å². The largest absolute Gasteiger partial charge is 0.507 e. The topological polar surface area (TPSA) is 74.2 Å². The summed E-state index contributed by atoms with van der Waals surface area (Å²) in [5.74, 6) is 0.785. The number of piperidine rings is 1. The van der Waals surface area contributed by atoms with E-state index < -0.39 is 6.17 Å². The van der Waals surface area contributed by atoms with Gasteiger partial charge in [0.25, 0.3) is 0 Å². The summed E-state index contributed by atoms with van der Waals surface area (Å²) < 4.78 is 14.8. The zero-order valence-corrected chi connectivity index (χ0v) is 15.6. The van der Waals surface area contributed by atoms with Crippen molar-refractivity contribution in [3.8, 4) is 17.0 Å². The van der Waals surface area contributed by atoms with Crippen molar-refractivity contribution >= 4 is 16.6 Å². The van der Waals surface area contributed by atoms with Gasteiger partial charge in [-0.1, -0.05) is 0 Å². The number of phenols is 1. The van der Waals surface area contributed by atoms with Gasteiger partial charge in [-0.25, -0.2) is 4.39 Å². The number of nitrogens with zero attached hydrogens (tertiary/aromatic N) is 4. The molecule has 2 bridgehead atoms. The van der Waals surface area contributed by atoms with E-state index in [4.69, 9.17) is 0 Å². The van der Waals surface area contributed by atoms with Crippen LogP contribution in [-0.2, 0) is 0 Å². The van der Waals surface area contributed by atoms with Crippen molar-refractivity contribution < 1.29 is 9.50 Å². The Balaban J connectivity index is 1.42. The molecule has 2 aromatic heterocycles. The van der Waals surface area contributed by atoms with E-state index in [1.807, 2.05) is 36.2 Å². The number of rotatable bonds is 3. The molecule has 4 atom stereocenters. The zero-order valence-electron chi connectivity index (χ0n) is 15.6. The summed E-state index contributed by atoms with van der Waals surface area (Å²) in [5.41, 5.74) is 1.17. The first kappa shape index (κ1) is 17.3. The van der Waals surface area contributed by atoms with E-state index in [2.05, 4.69) is 20.5 Å². The number of hydrogen-bond acceptors (Lipinski definition) is 6. The first-order valence-corrected chi connectivity index (χ1v) is 9.64. The maximum atomic E-state index is 14.8. The lowest BCUT2D eigenvalue weighted by molar-refractivity contribution is 0.176. The average molecular weight is 379 g/mol. The number of aromatic nitrogens is 3. The van der Waals surface area contributed by atoms with Crippen LogP contribution in [0.4, 0.5) is 10.2 Å². The molecule has 28 heavy (non-hydrogen) atoms. The minimum absolute atomic E-state index is 0.0541. The molecule has 4 heterocycles. The lowest BCUT2D eigenvalue weighted by Gasteiger charge is -2.38. The minimum Gasteiger partial charge on any atom is -0.507 e. The Morgan fingerprint density at radius 1 is 1.14 bits per heavy atom. The van der Waals surface area contributed by atoms with Crippen LogP contribution in [0.5, 0.6) is 5.75 Å². The molecule has 0 spiro atoms. The highest BCUT2D eigenvalue weighted by Gasteiger charge is 2.43. The van der Waals surface area contributed by atoms with Crippen LogP contribution in [0.25, 0.3) is 22.0 Å². The normalized spacial score (nSPS) is 26.5. The van der Waals surface area contributed by atoms with Crippen LogP contribution < -0.4 is 10.2 Å². The highest BCUT2D eigenvalue weighted by molar-refractivity contribution is 5.89. The van der Waals surface area contributed by atoms with Crippen LogP contribution >= 0.6 is 0 Å². The van der Waals surface area contributed by atoms with Crippen molar-refractivity contribution in [2.75, 3.05) is 11.9 Å². The average Bonchev–Trinajstić information content (AvgIpc) is 3.13. The van der Waals surface area contributed by atoms with E-state index in [-0.39, 0.29) is 17.8 Å². The number of anilines is 1. The minimum atomic E-state index is -0.915. The van der Waals surface area contributed by atoms with Crippen LogP contribution in [0.1, 0.15) is 19.3 Å². The van der Waals surface area contributed by atoms with E-state index in [1.165, 1.54) is 0 Å². The fourth-order valence-electron chi connectivity index (χ4n) is 4.50. The van der Waals surface area contributed by atoms with Gasteiger partial charge in [0.1, 0.15) is 11.9 Å². The SMILES string of the molecule is CN(c1ccc(-c2cc3cnccc3cc2O)nn1)[C@@H]1C[C@H]2CC[C@H](N2)[C@@H]1F. The smallest absolute Gasteiger partial charge is 0.151 e. The molecule has 3 aromatic rings. The Labute approximate surface area is 162 Å². The van der Waals surface area contributed by atoms with Crippen molar-refractivity contribution in [1.29, 1.82) is 0 Å². The van der Waals surface area contributed by atoms with Crippen molar-refractivity contribution in [3.05, 3.63) is 42.7 Å². The molecule has 2 aliphatic rings. The third-order valence-electron chi connectivity index (χ3n) is 6.09. The standard InChI is InChI=1S/C21H22FN5O/c1-27(18-10-14-2-3-17(24-14)21(18)22)20-5-4-16(25-26-20)15-8-13-11-23-7-6-12(13)9-19(15)28/h4-9,11,14,17-18,21,24,28H,2-3,10H2,1H3/t14-,17+,18-,21+/m1/s1. The van der Waals surface area contributed by atoms with Gasteiger partial charge in [-0.2, -0.15) is 0 Å². The van der Waals surface area contributed by atoms with Crippen molar-refractivity contribution in [3.63, 3.8) is 0 Å². The fraction of sp³-hybridized carbons (Fsp3) is 0.381. The van der Waals surface area contributed by atoms with Crippen LogP contribution in [0.3, 0.4) is 0 Å². The summed E-state index contributed by atoms with van der Waals surface area (Å²) in [4.78, 5) is 6.03. The van der Waals surface area contributed by atoms with Gasteiger partial charge in [-0.05, 0) is 55.0 Å². The Morgan fingerprint density at radius 2 is 2.04 bits per heavy atom. The predicted molar refractivity (Wildman–Crippen MR) is 106 cm³/mol. The predicted octanol–water partition coefficient (Wildman–Crippen LogP) is 3.06. The maximum Gasteiger partial charge on any atom is 0.151 e. The molecule has 2 fully saturated rings. The highest BCUT2D eigenvalue weighted by Crippen LogP contribution is 2.34. The third kappa shape index (κ3) is 2.86. The van der Waals surface area contributed by atoms with Gasteiger partial charge in [0, 0.05) is 42.5 Å².